The van der Waals surface area contributed by atoms with Crippen molar-refractivity contribution in [3.63, 3.8) is 0 Å². The van der Waals surface area contributed by atoms with Gasteiger partial charge in [0, 0.05) is 30.1 Å². The first kappa shape index (κ1) is 14.6. The van der Waals surface area contributed by atoms with Crippen LogP contribution in [0.15, 0.2) is 60.8 Å². The first-order valence-electron chi connectivity index (χ1n) is 8.08. The van der Waals surface area contributed by atoms with Crippen molar-refractivity contribution in [3.8, 4) is 0 Å². The number of nitrogens with one attached hydrogen (secondary N) is 1. The van der Waals surface area contributed by atoms with Gasteiger partial charge in [-0.3, -0.25) is 4.90 Å². The Balaban J connectivity index is 1.41. The third-order valence-electron chi connectivity index (χ3n) is 4.31. The molecule has 0 radical (unpaired) electrons. The van der Waals surface area contributed by atoms with Crippen LogP contribution < -0.4 is 4.90 Å². The Kier molecular flexibility index (Phi) is 3.79. The third kappa shape index (κ3) is 2.67. The van der Waals surface area contributed by atoms with Crippen molar-refractivity contribution >= 4 is 28.8 Å². The Morgan fingerprint density at radius 3 is 2.92 bits per heavy atom. The fourth-order valence-electron chi connectivity index (χ4n) is 3.10. The van der Waals surface area contributed by atoms with Crippen LogP contribution in [0.3, 0.4) is 0 Å². The number of carbonyl (C=O) groups excluding carboxylic acids is 1. The van der Waals surface area contributed by atoms with Crippen LogP contribution in [-0.4, -0.2) is 24.2 Å². The number of carbonyl (C=O) groups is 1. The number of aromatic amines is 1. The number of aromatic nitrogens is 1. The second kappa shape index (κ2) is 6.24. The van der Waals surface area contributed by atoms with Crippen molar-refractivity contribution in [1.29, 1.82) is 0 Å². The van der Waals surface area contributed by atoms with Gasteiger partial charge in [-0.1, -0.05) is 48.6 Å². The van der Waals surface area contributed by atoms with E-state index in [-0.39, 0.29) is 6.09 Å². The minimum absolute atomic E-state index is 0.299. The van der Waals surface area contributed by atoms with Crippen LogP contribution >= 0.6 is 0 Å². The summed E-state index contributed by atoms with van der Waals surface area (Å²) in [5.74, 6) is 0. The molecule has 0 saturated carbocycles. The van der Waals surface area contributed by atoms with Crippen molar-refractivity contribution in [2.45, 2.75) is 6.42 Å². The number of ether oxygens (including phenoxy) is 1. The minimum atomic E-state index is -0.299. The van der Waals surface area contributed by atoms with Crippen molar-refractivity contribution in [3.05, 3.63) is 71.9 Å². The summed E-state index contributed by atoms with van der Waals surface area (Å²) in [6, 6.07) is 16.0. The summed E-state index contributed by atoms with van der Waals surface area (Å²) in [4.78, 5) is 17.3. The first-order chi connectivity index (χ1) is 11.8. The number of rotatable bonds is 3. The van der Waals surface area contributed by atoms with Gasteiger partial charge in [0.25, 0.3) is 0 Å². The smallest absolute Gasteiger partial charge is 0.414 e. The molecular weight excluding hydrogens is 300 g/mol. The SMILES string of the molecule is O=C(OCCc1c[nH]c2ccccc12)N1CC=Cc2ccccc21. The molecule has 120 valence electrons. The monoisotopic (exact) mass is 318 g/mol. The maximum atomic E-state index is 12.4. The summed E-state index contributed by atoms with van der Waals surface area (Å²) in [7, 11) is 0. The summed E-state index contributed by atoms with van der Waals surface area (Å²) >= 11 is 0. The summed E-state index contributed by atoms with van der Waals surface area (Å²) < 4.78 is 5.50. The number of hydrogen-bond donors (Lipinski definition) is 1. The predicted molar refractivity (Wildman–Crippen MR) is 96.2 cm³/mol. The lowest BCUT2D eigenvalue weighted by molar-refractivity contribution is 0.155. The number of para-hydroxylation sites is 2. The Morgan fingerprint density at radius 1 is 1.12 bits per heavy atom. The number of amides is 1. The molecule has 1 amide bonds. The standard InChI is InChI=1S/C20H18N2O2/c23-20(22-12-5-7-15-6-1-4-10-19(15)22)24-13-11-16-14-21-18-9-3-2-8-17(16)18/h1-10,14,21H,11-13H2. The van der Waals surface area contributed by atoms with E-state index in [4.69, 9.17) is 4.74 Å². The first-order valence-corrected chi connectivity index (χ1v) is 8.08. The van der Waals surface area contributed by atoms with Gasteiger partial charge in [-0.05, 0) is 23.3 Å². The van der Waals surface area contributed by atoms with E-state index in [0.29, 0.717) is 19.6 Å². The molecule has 0 bridgehead atoms. The van der Waals surface area contributed by atoms with Gasteiger partial charge in [0.15, 0.2) is 0 Å². The van der Waals surface area contributed by atoms with E-state index < -0.39 is 0 Å². The van der Waals surface area contributed by atoms with Gasteiger partial charge in [-0.25, -0.2) is 4.79 Å². The maximum absolute atomic E-state index is 12.4. The van der Waals surface area contributed by atoms with Crippen LogP contribution in [0.5, 0.6) is 0 Å². The lowest BCUT2D eigenvalue weighted by Gasteiger charge is -2.25. The van der Waals surface area contributed by atoms with Gasteiger partial charge in [-0.2, -0.15) is 0 Å². The summed E-state index contributed by atoms with van der Waals surface area (Å²) in [5, 5.41) is 1.18. The van der Waals surface area contributed by atoms with Gasteiger partial charge in [0.1, 0.15) is 0 Å². The average molecular weight is 318 g/mol. The Morgan fingerprint density at radius 2 is 1.96 bits per heavy atom. The van der Waals surface area contributed by atoms with Crippen LogP contribution in [0, 0.1) is 0 Å². The summed E-state index contributed by atoms with van der Waals surface area (Å²) in [6.07, 6.45) is 6.39. The molecule has 0 saturated heterocycles. The molecule has 24 heavy (non-hydrogen) atoms. The largest absolute Gasteiger partial charge is 0.449 e. The van der Waals surface area contributed by atoms with E-state index in [1.54, 1.807) is 4.90 Å². The quantitative estimate of drug-likeness (QED) is 0.779. The molecule has 4 rings (SSSR count). The van der Waals surface area contributed by atoms with Crippen LogP contribution in [0.25, 0.3) is 17.0 Å². The molecule has 0 fully saturated rings. The molecule has 0 atom stereocenters. The molecule has 1 aliphatic rings. The fraction of sp³-hybridized carbons (Fsp3) is 0.150. The number of fused-ring (bicyclic) bond motifs is 2. The molecule has 0 spiro atoms. The topological polar surface area (TPSA) is 45.3 Å². The lowest BCUT2D eigenvalue weighted by atomic mass is 10.1. The highest BCUT2D eigenvalue weighted by Crippen LogP contribution is 2.26. The van der Waals surface area contributed by atoms with Gasteiger partial charge < -0.3 is 9.72 Å². The van der Waals surface area contributed by atoms with Crippen LogP contribution in [0.2, 0.25) is 0 Å². The van der Waals surface area contributed by atoms with E-state index in [1.165, 1.54) is 5.39 Å². The average Bonchev–Trinajstić information content (AvgIpc) is 3.04. The zero-order valence-corrected chi connectivity index (χ0v) is 13.2. The number of benzene rings is 2. The molecule has 3 aromatic rings. The molecule has 2 heterocycles. The van der Waals surface area contributed by atoms with E-state index in [2.05, 4.69) is 11.1 Å². The Labute approximate surface area is 140 Å². The number of nitrogens with zero attached hydrogens (tertiary/aromatic N) is 1. The molecule has 1 aromatic heterocycles. The zero-order valence-electron chi connectivity index (χ0n) is 13.2. The fourth-order valence-corrected chi connectivity index (χ4v) is 3.10. The predicted octanol–water partition coefficient (Wildman–Crippen LogP) is 4.38. The summed E-state index contributed by atoms with van der Waals surface area (Å²) in [6.45, 7) is 0.909. The van der Waals surface area contributed by atoms with Crippen LogP contribution in [0.1, 0.15) is 11.1 Å². The van der Waals surface area contributed by atoms with Crippen LogP contribution in [0.4, 0.5) is 10.5 Å². The molecule has 1 N–H and O–H groups in total. The van der Waals surface area contributed by atoms with E-state index >= 15 is 0 Å². The number of H-pyrrole nitrogens is 1. The van der Waals surface area contributed by atoms with Crippen LogP contribution in [-0.2, 0) is 11.2 Å². The van der Waals surface area contributed by atoms with Gasteiger partial charge >= 0.3 is 6.09 Å². The molecule has 1 aliphatic heterocycles. The third-order valence-corrected chi connectivity index (χ3v) is 4.31. The minimum Gasteiger partial charge on any atom is -0.449 e. The molecule has 4 nitrogen and oxygen atoms in total. The van der Waals surface area contributed by atoms with Crippen molar-refractivity contribution < 1.29 is 9.53 Å². The zero-order chi connectivity index (χ0) is 16.4. The lowest BCUT2D eigenvalue weighted by Crippen LogP contribution is -2.33. The summed E-state index contributed by atoms with van der Waals surface area (Å²) in [5.41, 5.74) is 4.21. The van der Waals surface area contributed by atoms with Crippen molar-refractivity contribution in [1.82, 2.24) is 4.98 Å². The van der Waals surface area contributed by atoms with Gasteiger partial charge in [0.2, 0.25) is 0 Å². The Hall–Kier alpha value is -3.01. The highest BCUT2D eigenvalue weighted by molar-refractivity contribution is 5.92. The van der Waals surface area contributed by atoms with E-state index in [9.17, 15) is 4.79 Å². The van der Waals surface area contributed by atoms with E-state index in [1.807, 2.05) is 60.8 Å². The molecule has 0 unspecified atom stereocenters. The molecule has 0 aliphatic carbocycles. The maximum Gasteiger partial charge on any atom is 0.414 e. The number of hydrogen-bond acceptors (Lipinski definition) is 2. The Bertz CT molecular complexity index is 911. The second-order valence-corrected chi connectivity index (χ2v) is 5.80. The highest BCUT2D eigenvalue weighted by Gasteiger charge is 2.20. The van der Waals surface area contributed by atoms with E-state index in [0.717, 1.165) is 22.3 Å². The number of anilines is 1. The second-order valence-electron chi connectivity index (χ2n) is 5.80. The normalized spacial score (nSPS) is 13.1. The van der Waals surface area contributed by atoms with Gasteiger partial charge in [0.05, 0.1) is 12.3 Å². The molecular formula is C20H18N2O2. The highest BCUT2D eigenvalue weighted by atomic mass is 16.6. The molecule has 2 aromatic carbocycles. The van der Waals surface area contributed by atoms with Crippen molar-refractivity contribution in [2.75, 3.05) is 18.1 Å². The molecule has 4 heteroatoms. The van der Waals surface area contributed by atoms with Crippen molar-refractivity contribution in [2.24, 2.45) is 0 Å². The van der Waals surface area contributed by atoms with Gasteiger partial charge in [-0.15, -0.1) is 0 Å².